The first-order valence-corrected chi connectivity index (χ1v) is 4.85. The number of alkyl halides is 4. The fourth-order valence-corrected chi connectivity index (χ4v) is 1.42. The van der Waals surface area contributed by atoms with Crippen LogP contribution in [0.3, 0.4) is 0 Å². The molecule has 0 amide bonds. The third-order valence-corrected chi connectivity index (χ3v) is 2.18. The molecule has 0 aromatic heterocycles. The van der Waals surface area contributed by atoms with Crippen molar-refractivity contribution in [3.8, 4) is 5.75 Å². The molecule has 0 radical (unpaired) electrons. The third-order valence-electron chi connectivity index (χ3n) is 1.40. The predicted molar refractivity (Wildman–Crippen MR) is 50.4 cm³/mol. The van der Waals surface area contributed by atoms with Crippen LogP contribution >= 0.6 is 27.5 Å². The third kappa shape index (κ3) is 3.38. The molecule has 0 unspecified atom stereocenters. The van der Waals surface area contributed by atoms with Gasteiger partial charge in [0, 0.05) is 10.0 Å². The van der Waals surface area contributed by atoms with Crippen molar-refractivity contribution in [1.82, 2.24) is 0 Å². The molecule has 0 bridgehead atoms. The number of benzene rings is 1. The SMILES string of the molecule is FC(F)(F)Oc1cc(Br)ccc1CCl. The van der Waals surface area contributed by atoms with Gasteiger partial charge < -0.3 is 4.74 Å². The van der Waals surface area contributed by atoms with Crippen molar-refractivity contribution < 1.29 is 17.9 Å². The number of ether oxygens (including phenoxy) is 1. The standard InChI is InChI=1S/C8H5BrClF3O/c9-6-2-1-5(4-10)7(3-6)14-8(11,12)13/h1-3H,4H2. The molecule has 0 saturated heterocycles. The molecule has 0 aliphatic rings. The Morgan fingerprint density at radius 2 is 2.00 bits per heavy atom. The predicted octanol–water partition coefficient (Wildman–Crippen LogP) is 4.09. The van der Waals surface area contributed by atoms with Crippen LogP contribution in [0.5, 0.6) is 5.75 Å². The zero-order chi connectivity index (χ0) is 10.8. The minimum atomic E-state index is -4.69. The minimum Gasteiger partial charge on any atom is -0.405 e. The van der Waals surface area contributed by atoms with Gasteiger partial charge in [-0.05, 0) is 12.1 Å². The first-order chi connectivity index (χ1) is 6.42. The van der Waals surface area contributed by atoms with Crippen LogP contribution in [0.4, 0.5) is 13.2 Å². The molecule has 6 heteroatoms. The molecule has 0 aliphatic carbocycles. The van der Waals surface area contributed by atoms with E-state index in [9.17, 15) is 13.2 Å². The van der Waals surface area contributed by atoms with Crippen LogP contribution in [0.1, 0.15) is 5.56 Å². The summed E-state index contributed by atoms with van der Waals surface area (Å²) in [4.78, 5) is 0. The topological polar surface area (TPSA) is 9.23 Å². The van der Waals surface area contributed by atoms with Crippen molar-refractivity contribution in [2.75, 3.05) is 0 Å². The van der Waals surface area contributed by atoms with Crippen molar-refractivity contribution in [3.05, 3.63) is 28.2 Å². The summed E-state index contributed by atoms with van der Waals surface area (Å²) in [5.41, 5.74) is 0.298. The Kier molecular flexibility index (Phi) is 3.66. The van der Waals surface area contributed by atoms with E-state index in [1.54, 1.807) is 6.07 Å². The van der Waals surface area contributed by atoms with E-state index in [-0.39, 0.29) is 11.6 Å². The lowest BCUT2D eigenvalue weighted by Gasteiger charge is -2.11. The summed E-state index contributed by atoms with van der Waals surface area (Å²) in [6.07, 6.45) is -4.69. The van der Waals surface area contributed by atoms with Crippen LogP contribution in [0.25, 0.3) is 0 Å². The number of halogens is 5. The minimum absolute atomic E-state index is 0.0291. The Balaban J connectivity index is 2.99. The lowest BCUT2D eigenvalue weighted by atomic mass is 10.2. The van der Waals surface area contributed by atoms with Crippen molar-refractivity contribution in [1.29, 1.82) is 0 Å². The van der Waals surface area contributed by atoms with Gasteiger partial charge in [0.1, 0.15) is 5.75 Å². The van der Waals surface area contributed by atoms with Crippen LogP contribution in [0.2, 0.25) is 0 Å². The molecular weight excluding hydrogens is 284 g/mol. The maximum Gasteiger partial charge on any atom is 0.573 e. The molecule has 0 saturated carbocycles. The average molecular weight is 289 g/mol. The second-order valence-electron chi connectivity index (χ2n) is 2.43. The highest BCUT2D eigenvalue weighted by molar-refractivity contribution is 9.10. The smallest absolute Gasteiger partial charge is 0.405 e. The van der Waals surface area contributed by atoms with Gasteiger partial charge in [0.25, 0.3) is 0 Å². The summed E-state index contributed by atoms with van der Waals surface area (Å²) in [6.45, 7) is 0. The zero-order valence-corrected chi connectivity index (χ0v) is 9.08. The first-order valence-electron chi connectivity index (χ1n) is 3.52. The highest BCUT2D eigenvalue weighted by atomic mass is 79.9. The number of hydrogen-bond donors (Lipinski definition) is 0. The second kappa shape index (κ2) is 4.40. The molecule has 1 aromatic carbocycles. The fourth-order valence-electron chi connectivity index (χ4n) is 0.858. The van der Waals surface area contributed by atoms with Gasteiger partial charge in [-0.15, -0.1) is 24.8 Å². The molecule has 78 valence electrons. The Hall–Kier alpha value is -0.420. The molecule has 0 spiro atoms. The first kappa shape index (κ1) is 11.7. The van der Waals surface area contributed by atoms with E-state index in [4.69, 9.17) is 11.6 Å². The summed E-state index contributed by atoms with van der Waals surface area (Å²) in [7, 11) is 0. The normalized spacial score (nSPS) is 11.5. The van der Waals surface area contributed by atoms with Crippen LogP contribution in [-0.2, 0) is 5.88 Å². The Morgan fingerprint density at radius 1 is 1.36 bits per heavy atom. The molecule has 0 atom stereocenters. The highest BCUT2D eigenvalue weighted by Gasteiger charge is 2.32. The zero-order valence-electron chi connectivity index (χ0n) is 6.74. The number of rotatable bonds is 2. The molecule has 0 N–H and O–H groups in total. The van der Waals surface area contributed by atoms with E-state index in [2.05, 4.69) is 20.7 Å². The largest absolute Gasteiger partial charge is 0.573 e. The summed E-state index contributed by atoms with van der Waals surface area (Å²) >= 11 is 8.49. The van der Waals surface area contributed by atoms with Crippen LogP contribution < -0.4 is 4.74 Å². The van der Waals surface area contributed by atoms with E-state index in [0.29, 0.717) is 10.0 Å². The molecule has 1 aromatic rings. The van der Waals surface area contributed by atoms with E-state index < -0.39 is 6.36 Å². The van der Waals surface area contributed by atoms with E-state index >= 15 is 0 Å². The maximum atomic E-state index is 11.9. The van der Waals surface area contributed by atoms with Gasteiger partial charge in [-0.25, -0.2) is 0 Å². The lowest BCUT2D eigenvalue weighted by molar-refractivity contribution is -0.274. The summed E-state index contributed by atoms with van der Waals surface area (Å²) in [5.74, 6) is -0.305. The summed E-state index contributed by atoms with van der Waals surface area (Å²) in [5, 5.41) is 0. The van der Waals surface area contributed by atoms with Gasteiger partial charge >= 0.3 is 6.36 Å². The number of hydrogen-bond acceptors (Lipinski definition) is 1. The van der Waals surface area contributed by atoms with Gasteiger partial charge in [-0.2, -0.15) is 0 Å². The fraction of sp³-hybridized carbons (Fsp3) is 0.250. The van der Waals surface area contributed by atoms with Gasteiger partial charge in [-0.1, -0.05) is 22.0 Å². The molecule has 1 nitrogen and oxygen atoms in total. The maximum absolute atomic E-state index is 11.9. The van der Waals surface area contributed by atoms with Gasteiger partial charge in [0.2, 0.25) is 0 Å². The van der Waals surface area contributed by atoms with Crippen molar-refractivity contribution >= 4 is 27.5 Å². The van der Waals surface area contributed by atoms with Gasteiger partial charge in [-0.3, -0.25) is 0 Å². The Labute approximate surface area is 91.9 Å². The van der Waals surface area contributed by atoms with Crippen LogP contribution in [-0.4, -0.2) is 6.36 Å². The van der Waals surface area contributed by atoms with E-state index in [1.807, 2.05) is 0 Å². The van der Waals surface area contributed by atoms with Crippen molar-refractivity contribution in [2.24, 2.45) is 0 Å². The summed E-state index contributed by atoms with van der Waals surface area (Å²) < 4.78 is 40.0. The van der Waals surface area contributed by atoms with Crippen LogP contribution in [0, 0.1) is 0 Å². The van der Waals surface area contributed by atoms with E-state index in [1.165, 1.54) is 12.1 Å². The van der Waals surface area contributed by atoms with Gasteiger partial charge in [0.05, 0.1) is 5.88 Å². The quantitative estimate of drug-likeness (QED) is 0.745. The van der Waals surface area contributed by atoms with Crippen molar-refractivity contribution in [3.63, 3.8) is 0 Å². The molecule has 14 heavy (non-hydrogen) atoms. The second-order valence-corrected chi connectivity index (χ2v) is 3.62. The van der Waals surface area contributed by atoms with Crippen LogP contribution in [0.15, 0.2) is 22.7 Å². The average Bonchev–Trinajstić information content (AvgIpc) is 2.01. The lowest BCUT2D eigenvalue weighted by Crippen LogP contribution is -2.18. The van der Waals surface area contributed by atoms with Crippen molar-refractivity contribution in [2.45, 2.75) is 12.2 Å². The summed E-state index contributed by atoms with van der Waals surface area (Å²) in [6, 6.07) is 4.30. The Morgan fingerprint density at radius 3 is 2.50 bits per heavy atom. The molecule has 0 aliphatic heterocycles. The van der Waals surface area contributed by atoms with Gasteiger partial charge in [0.15, 0.2) is 0 Å². The molecule has 0 heterocycles. The monoisotopic (exact) mass is 288 g/mol. The Bertz CT molecular complexity index is 327. The van der Waals surface area contributed by atoms with E-state index in [0.717, 1.165) is 0 Å². The highest BCUT2D eigenvalue weighted by Crippen LogP contribution is 2.30. The molecule has 1 rings (SSSR count). The molecule has 0 fully saturated rings. The molecular formula is C8H5BrClF3O.